The van der Waals surface area contributed by atoms with Crippen molar-refractivity contribution in [1.29, 1.82) is 0 Å². The zero-order valence-corrected chi connectivity index (χ0v) is 10.7. The van der Waals surface area contributed by atoms with Crippen molar-refractivity contribution in [2.24, 2.45) is 0 Å². The van der Waals surface area contributed by atoms with Gasteiger partial charge in [0.25, 0.3) is 0 Å². The standard InChI is InChI=1S/C10H18N2S2/c1-4-8(11-3)9-6-14-10(12-9)7-13-5-2/h6,8,11H,4-5,7H2,1-3H3. The first-order chi connectivity index (χ1) is 6.81. The molecule has 0 aliphatic rings. The minimum Gasteiger partial charge on any atom is -0.312 e. The van der Waals surface area contributed by atoms with Gasteiger partial charge in [0.05, 0.1) is 5.69 Å². The molecule has 1 aromatic rings. The molecule has 1 N–H and O–H groups in total. The van der Waals surface area contributed by atoms with Crippen LogP contribution in [0.25, 0.3) is 0 Å². The van der Waals surface area contributed by atoms with E-state index in [0.717, 1.165) is 17.9 Å². The molecule has 14 heavy (non-hydrogen) atoms. The molecule has 0 amide bonds. The SMILES string of the molecule is CCSCc1nc(C(CC)NC)cs1. The topological polar surface area (TPSA) is 24.9 Å². The van der Waals surface area contributed by atoms with Gasteiger partial charge in [-0.15, -0.1) is 11.3 Å². The van der Waals surface area contributed by atoms with Crippen molar-refractivity contribution in [3.8, 4) is 0 Å². The molecule has 0 fully saturated rings. The first-order valence-corrected chi connectivity index (χ1v) is 7.04. The van der Waals surface area contributed by atoms with E-state index in [1.54, 1.807) is 11.3 Å². The zero-order valence-electron chi connectivity index (χ0n) is 9.04. The Morgan fingerprint density at radius 1 is 1.57 bits per heavy atom. The van der Waals surface area contributed by atoms with E-state index in [0.29, 0.717) is 6.04 Å². The highest BCUT2D eigenvalue weighted by atomic mass is 32.2. The normalized spacial score (nSPS) is 13.1. The lowest BCUT2D eigenvalue weighted by Gasteiger charge is -2.09. The Balaban J connectivity index is 2.57. The maximum absolute atomic E-state index is 4.62. The van der Waals surface area contributed by atoms with Gasteiger partial charge in [-0.3, -0.25) is 0 Å². The van der Waals surface area contributed by atoms with Gasteiger partial charge in [0.1, 0.15) is 5.01 Å². The summed E-state index contributed by atoms with van der Waals surface area (Å²) in [6.45, 7) is 4.36. The Labute approximate surface area is 94.5 Å². The van der Waals surface area contributed by atoms with Gasteiger partial charge >= 0.3 is 0 Å². The molecule has 0 aliphatic carbocycles. The highest BCUT2D eigenvalue weighted by Gasteiger charge is 2.10. The predicted molar refractivity (Wildman–Crippen MR) is 66.0 cm³/mol. The van der Waals surface area contributed by atoms with E-state index in [9.17, 15) is 0 Å². The summed E-state index contributed by atoms with van der Waals surface area (Å²) in [5.41, 5.74) is 1.20. The van der Waals surface area contributed by atoms with Crippen molar-refractivity contribution in [2.75, 3.05) is 12.8 Å². The summed E-state index contributed by atoms with van der Waals surface area (Å²) in [4.78, 5) is 4.62. The number of thioether (sulfide) groups is 1. The van der Waals surface area contributed by atoms with Crippen LogP contribution in [-0.4, -0.2) is 17.8 Å². The molecular weight excluding hydrogens is 212 g/mol. The van der Waals surface area contributed by atoms with Crippen molar-refractivity contribution in [1.82, 2.24) is 10.3 Å². The van der Waals surface area contributed by atoms with Crippen molar-refractivity contribution in [3.05, 3.63) is 16.1 Å². The van der Waals surface area contributed by atoms with E-state index < -0.39 is 0 Å². The van der Waals surface area contributed by atoms with E-state index in [1.165, 1.54) is 10.7 Å². The molecule has 0 spiro atoms. The average Bonchev–Trinajstić information content (AvgIpc) is 2.65. The number of hydrogen-bond donors (Lipinski definition) is 1. The molecule has 4 heteroatoms. The number of nitrogens with zero attached hydrogens (tertiary/aromatic N) is 1. The second-order valence-corrected chi connectivity index (χ2v) is 5.27. The van der Waals surface area contributed by atoms with Crippen LogP contribution in [0.4, 0.5) is 0 Å². The molecule has 80 valence electrons. The summed E-state index contributed by atoms with van der Waals surface area (Å²) in [7, 11) is 1.99. The van der Waals surface area contributed by atoms with Crippen LogP contribution in [0.5, 0.6) is 0 Å². The van der Waals surface area contributed by atoms with Gasteiger partial charge in [0, 0.05) is 17.2 Å². The molecule has 1 heterocycles. The maximum Gasteiger partial charge on any atom is 0.103 e. The smallest absolute Gasteiger partial charge is 0.103 e. The Morgan fingerprint density at radius 2 is 2.36 bits per heavy atom. The number of thiazole rings is 1. The number of nitrogens with one attached hydrogen (secondary N) is 1. The van der Waals surface area contributed by atoms with Crippen LogP contribution < -0.4 is 5.32 Å². The lowest BCUT2D eigenvalue weighted by atomic mass is 10.2. The van der Waals surface area contributed by atoms with E-state index in [-0.39, 0.29) is 0 Å². The summed E-state index contributed by atoms with van der Waals surface area (Å²) >= 11 is 3.71. The van der Waals surface area contributed by atoms with E-state index in [4.69, 9.17) is 0 Å². The van der Waals surface area contributed by atoms with Crippen LogP contribution in [0.15, 0.2) is 5.38 Å². The van der Waals surface area contributed by atoms with Gasteiger partial charge in [-0.1, -0.05) is 13.8 Å². The van der Waals surface area contributed by atoms with Crippen LogP contribution in [0.3, 0.4) is 0 Å². The fourth-order valence-corrected chi connectivity index (χ4v) is 2.90. The van der Waals surface area contributed by atoms with Crippen molar-refractivity contribution < 1.29 is 0 Å². The number of hydrogen-bond acceptors (Lipinski definition) is 4. The molecule has 0 saturated carbocycles. The van der Waals surface area contributed by atoms with Gasteiger partial charge < -0.3 is 5.32 Å². The molecule has 1 rings (SSSR count). The van der Waals surface area contributed by atoms with Gasteiger partial charge in [0.15, 0.2) is 0 Å². The fraction of sp³-hybridized carbons (Fsp3) is 0.700. The molecule has 2 nitrogen and oxygen atoms in total. The highest BCUT2D eigenvalue weighted by molar-refractivity contribution is 7.98. The second kappa shape index (κ2) is 6.43. The lowest BCUT2D eigenvalue weighted by Crippen LogP contribution is -2.15. The Bertz CT molecular complexity index is 256. The van der Waals surface area contributed by atoms with E-state index in [1.807, 2.05) is 18.8 Å². The second-order valence-electron chi connectivity index (χ2n) is 3.05. The first-order valence-electron chi connectivity index (χ1n) is 5.01. The van der Waals surface area contributed by atoms with Gasteiger partial charge in [-0.2, -0.15) is 11.8 Å². The minimum absolute atomic E-state index is 0.423. The van der Waals surface area contributed by atoms with Crippen LogP contribution in [0.1, 0.15) is 37.0 Å². The third-order valence-corrected chi connectivity index (χ3v) is 4.05. The minimum atomic E-state index is 0.423. The molecule has 1 unspecified atom stereocenters. The van der Waals surface area contributed by atoms with Gasteiger partial charge in [-0.05, 0) is 19.2 Å². The molecule has 1 atom stereocenters. The molecule has 0 radical (unpaired) electrons. The molecule has 1 aromatic heterocycles. The van der Waals surface area contributed by atoms with Crippen molar-refractivity contribution in [2.45, 2.75) is 32.1 Å². The summed E-state index contributed by atoms with van der Waals surface area (Å²) in [6.07, 6.45) is 1.10. The van der Waals surface area contributed by atoms with Crippen LogP contribution in [0.2, 0.25) is 0 Å². The number of aromatic nitrogens is 1. The summed E-state index contributed by atoms with van der Waals surface area (Å²) in [5, 5.41) is 6.70. The Morgan fingerprint density at radius 3 is 2.93 bits per heavy atom. The van der Waals surface area contributed by atoms with Crippen molar-refractivity contribution >= 4 is 23.1 Å². The summed E-state index contributed by atoms with van der Waals surface area (Å²) in [6, 6.07) is 0.423. The maximum atomic E-state index is 4.62. The Hall–Kier alpha value is -0.0600. The molecule has 0 aromatic carbocycles. The summed E-state index contributed by atoms with van der Waals surface area (Å²) in [5.74, 6) is 2.22. The van der Waals surface area contributed by atoms with Crippen molar-refractivity contribution in [3.63, 3.8) is 0 Å². The Kier molecular flexibility index (Phi) is 5.52. The third-order valence-electron chi connectivity index (χ3n) is 2.11. The third kappa shape index (κ3) is 3.26. The molecule has 0 bridgehead atoms. The average molecular weight is 230 g/mol. The van der Waals surface area contributed by atoms with Gasteiger partial charge in [0.2, 0.25) is 0 Å². The van der Waals surface area contributed by atoms with E-state index >= 15 is 0 Å². The first kappa shape index (κ1) is 12.0. The highest BCUT2D eigenvalue weighted by Crippen LogP contribution is 2.21. The quantitative estimate of drug-likeness (QED) is 0.813. The van der Waals surface area contributed by atoms with E-state index in [2.05, 4.69) is 29.5 Å². The summed E-state index contributed by atoms with van der Waals surface area (Å²) < 4.78 is 0. The molecule has 0 aliphatic heterocycles. The lowest BCUT2D eigenvalue weighted by molar-refractivity contribution is 0.564. The zero-order chi connectivity index (χ0) is 10.4. The fourth-order valence-electron chi connectivity index (χ4n) is 1.30. The van der Waals surface area contributed by atoms with Gasteiger partial charge in [-0.25, -0.2) is 4.98 Å². The monoisotopic (exact) mass is 230 g/mol. The van der Waals surface area contributed by atoms with Crippen LogP contribution >= 0.6 is 23.1 Å². The predicted octanol–water partition coefficient (Wildman–Crippen LogP) is 3.07. The molecule has 0 saturated heterocycles. The number of rotatable bonds is 6. The molecular formula is C10H18N2S2. The van der Waals surface area contributed by atoms with Crippen LogP contribution in [-0.2, 0) is 5.75 Å². The largest absolute Gasteiger partial charge is 0.312 e. The van der Waals surface area contributed by atoms with Crippen LogP contribution in [0, 0.1) is 0 Å².